The van der Waals surface area contributed by atoms with Gasteiger partial charge < -0.3 is 14.8 Å². The molecule has 0 aliphatic carbocycles. The van der Waals surface area contributed by atoms with E-state index in [1.807, 2.05) is 0 Å². The number of hydrogen-bond acceptors (Lipinski definition) is 5. The van der Waals surface area contributed by atoms with E-state index in [2.05, 4.69) is 22.4 Å². The Morgan fingerprint density at radius 2 is 2.00 bits per heavy atom. The van der Waals surface area contributed by atoms with Crippen LogP contribution in [0.5, 0.6) is 11.5 Å². The molecule has 6 nitrogen and oxygen atoms in total. The molecule has 2 N–H and O–H groups in total. The van der Waals surface area contributed by atoms with E-state index in [0.717, 1.165) is 5.56 Å². The Kier molecular flexibility index (Phi) is 7.79. The number of hydrazone groups is 1. The normalized spacial score (nSPS) is 10.3. The highest BCUT2D eigenvalue weighted by Gasteiger charge is 2.12. The molecule has 2 aromatic carbocycles. The number of hydrogen-bond donors (Lipinski definition) is 2. The maximum Gasteiger partial charge on any atom is 0.343 e. The molecule has 140 valence electrons. The first-order valence-corrected chi connectivity index (χ1v) is 8.65. The van der Waals surface area contributed by atoms with Crippen LogP contribution in [0.2, 0.25) is 5.02 Å². The molecule has 2 aromatic rings. The molecule has 0 atom stereocenters. The third kappa shape index (κ3) is 6.40. The lowest BCUT2D eigenvalue weighted by Gasteiger charge is -2.10. The topological polar surface area (TPSA) is 72.0 Å². The van der Waals surface area contributed by atoms with Crippen LogP contribution in [0.3, 0.4) is 0 Å². The van der Waals surface area contributed by atoms with Crippen LogP contribution in [0, 0.1) is 0 Å². The predicted octanol–water partition coefficient (Wildman–Crippen LogP) is 3.55. The number of thiocarbonyl (C=S) groups is 1. The number of carbonyl (C=O) groups is 1. The summed E-state index contributed by atoms with van der Waals surface area (Å²) in [5, 5.41) is 7.84. The minimum absolute atomic E-state index is 0.297. The molecule has 0 radical (unpaired) electrons. The smallest absolute Gasteiger partial charge is 0.343 e. The summed E-state index contributed by atoms with van der Waals surface area (Å²) in [6.07, 6.45) is 3.25. The minimum atomic E-state index is -0.508. The Morgan fingerprint density at radius 3 is 2.67 bits per heavy atom. The average Bonchev–Trinajstić information content (AvgIpc) is 2.67. The SMILES string of the molecule is C=CCNC(=S)N/N=C\c1ccc(OC(=O)c2ccc(Cl)cc2)c(OC)c1. The zero-order chi connectivity index (χ0) is 19.6. The van der Waals surface area contributed by atoms with E-state index in [1.54, 1.807) is 54.8 Å². The second kappa shape index (κ2) is 10.3. The van der Waals surface area contributed by atoms with Crippen molar-refractivity contribution in [2.75, 3.05) is 13.7 Å². The van der Waals surface area contributed by atoms with Crippen molar-refractivity contribution in [2.24, 2.45) is 5.10 Å². The van der Waals surface area contributed by atoms with Gasteiger partial charge in [-0.15, -0.1) is 6.58 Å². The maximum absolute atomic E-state index is 12.2. The minimum Gasteiger partial charge on any atom is -0.493 e. The highest BCUT2D eigenvalue weighted by atomic mass is 35.5. The number of carbonyl (C=O) groups excluding carboxylic acids is 1. The van der Waals surface area contributed by atoms with Gasteiger partial charge in [-0.25, -0.2) is 4.79 Å². The molecule has 0 spiro atoms. The Labute approximate surface area is 167 Å². The zero-order valence-corrected chi connectivity index (χ0v) is 16.1. The van der Waals surface area contributed by atoms with Crippen molar-refractivity contribution in [1.82, 2.24) is 10.7 Å². The van der Waals surface area contributed by atoms with Crippen LogP contribution < -0.4 is 20.2 Å². The summed E-state index contributed by atoms with van der Waals surface area (Å²) in [6, 6.07) is 11.5. The van der Waals surface area contributed by atoms with Gasteiger partial charge in [0.25, 0.3) is 0 Å². The van der Waals surface area contributed by atoms with Crippen LogP contribution in [0.4, 0.5) is 0 Å². The van der Waals surface area contributed by atoms with Gasteiger partial charge in [-0.3, -0.25) is 5.43 Å². The summed E-state index contributed by atoms with van der Waals surface area (Å²) < 4.78 is 10.7. The van der Waals surface area contributed by atoms with Crippen molar-refractivity contribution in [3.8, 4) is 11.5 Å². The van der Waals surface area contributed by atoms with Gasteiger partial charge in [-0.05, 0) is 60.2 Å². The first-order valence-electron chi connectivity index (χ1n) is 7.87. The molecule has 0 aliphatic heterocycles. The monoisotopic (exact) mass is 403 g/mol. The van der Waals surface area contributed by atoms with Crippen LogP contribution in [-0.4, -0.2) is 31.0 Å². The van der Waals surface area contributed by atoms with Crippen molar-refractivity contribution in [1.29, 1.82) is 0 Å². The molecule has 0 aliphatic rings. The standard InChI is InChI=1S/C19H18ClN3O3S/c1-3-10-21-19(27)23-22-12-13-4-9-16(17(11-13)25-2)26-18(24)14-5-7-15(20)8-6-14/h3-9,11-12H,1,10H2,2H3,(H2,21,23,27)/b22-12-. The lowest BCUT2D eigenvalue weighted by atomic mass is 10.2. The fourth-order valence-corrected chi connectivity index (χ4v) is 2.23. The van der Waals surface area contributed by atoms with Gasteiger partial charge in [0.15, 0.2) is 16.6 Å². The van der Waals surface area contributed by atoms with Gasteiger partial charge in [-0.1, -0.05) is 17.7 Å². The van der Waals surface area contributed by atoms with Gasteiger partial charge in [0.2, 0.25) is 0 Å². The van der Waals surface area contributed by atoms with Crippen LogP contribution >= 0.6 is 23.8 Å². The Balaban J connectivity index is 2.04. The summed E-state index contributed by atoms with van der Waals surface area (Å²) in [6.45, 7) is 4.13. The van der Waals surface area contributed by atoms with Crippen molar-refractivity contribution in [3.63, 3.8) is 0 Å². The summed E-state index contributed by atoms with van der Waals surface area (Å²) in [4.78, 5) is 12.2. The Hall–Kier alpha value is -2.90. The van der Waals surface area contributed by atoms with E-state index in [0.29, 0.717) is 33.7 Å². The third-order valence-corrected chi connectivity index (χ3v) is 3.74. The maximum atomic E-state index is 12.2. The van der Waals surface area contributed by atoms with Gasteiger partial charge in [0.1, 0.15) is 0 Å². The van der Waals surface area contributed by atoms with Gasteiger partial charge in [0, 0.05) is 11.6 Å². The number of ether oxygens (including phenoxy) is 2. The summed E-state index contributed by atoms with van der Waals surface area (Å²) in [5.74, 6) is 0.186. The van der Waals surface area contributed by atoms with Crippen LogP contribution in [0.15, 0.2) is 60.2 Å². The molecule has 2 rings (SSSR count). The molecule has 27 heavy (non-hydrogen) atoms. The third-order valence-electron chi connectivity index (χ3n) is 3.26. The van der Waals surface area contributed by atoms with E-state index in [4.69, 9.17) is 33.3 Å². The summed E-state index contributed by atoms with van der Waals surface area (Å²) in [7, 11) is 1.49. The molecule has 0 saturated heterocycles. The fraction of sp³-hybridized carbons (Fsp3) is 0.105. The zero-order valence-electron chi connectivity index (χ0n) is 14.6. The molecular weight excluding hydrogens is 386 g/mol. The Bertz CT molecular complexity index is 854. The predicted molar refractivity (Wildman–Crippen MR) is 111 cm³/mol. The molecule has 0 bridgehead atoms. The molecule has 8 heteroatoms. The number of rotatable bonds is 7. The van der Waals surface area contributed by atoms with Crippen molar-refractivity contribution in [3.05, 3.63) is 71.3 Å². The molecule has 0 aromatic heterocycles. The van der Waals surface area contributed by atoms with Crippen molar-refractivity contribution in [2.45, 2.75) is 0 Å². The van der Waals surface area contributed by atoms with E-state index in [-0.39, 0.29) is 0 Å². The van der Waals surface area contributed by atoms with Crippen molar-refractivity contribution >= 4 is 41.1 Å². The van der Waals surface area contributed by atoms with Crippen LogP contribution in [0.25, 0.3) is 0 Å². The highest BCUT2D eigenvalue weighted by molar-refractivity contribution is 7.80. The molecule has 0 saturated carbocycles. The molecule has 0 heterocycles. The number of nitrogens with zero attached hydrogens (tertiary/aromatic N) is 1. The second-order valence-electron chi connectivity index (χ2n) is 5.18. The average molecular weight is 404 g/mol. The number of halogens is 1. The van der Waals surface area contributed by atoms with E-state index < -0.39 is 5.97 Å². The fourth-order valence-electron chi connectivity index (χ4n) is 1.96. The van der Waals surface area contributed by atoms with Crippen LogP contribution in [0.1, 0.15) is 15.9 Å². The number of esters is 1. The lowest BCUT2D eigenvalue weighted by Crippen LogP contribution is -2.31. The van der Waals surface area contributed by atoms with Gasteiger partial charge in [-0.2, -0.15) is 5.10 Å². The molecule has 0 fully saturated rings. The van der Waals surface area contributed by atoms with Crippen molar-refractivity contribution < 1.29 is 14.3 Å². The number of benzene rings is 2. The van der Waals surface area contributed by atoms with Crippen LogP contribution in [-0.2, 0) is 0 Å². The van der Waals surface area contributed by atoms with E-state index >= 15 is 0 Å². The van der Waals surface area contributed by atoms with Gasteiger partial charge >= 0.3 is 5.97 Å². The second-order valence-corrected chi connectivity index (χ2v) is 6.02. The van der Waals surface area contributed by atoms with Gasteiger partial charge in [0.05, 0.1) is 18.9 Å². The molecule has 0 amide bonds. The molecular formula is C19H18ClN3O3S. The largest absolute Gasteiger partial charge is 0.493 e. The number of methoxy groups -OCH3 is 1. The first-order chi connectivity index (χ1) is 13.0. The first kappa shape index (κ1) is 20.4. The highest BCUT2D eigenvalue weighted by Crippen LogP contribution is 2.28. The summed E-state index contributed by atoms with van der Waals surface area (Å²) in [5.41, 5.74) is 3.80. The Morgan fingerprint density at radius 1 is 1.26 bits per heavy atom. The number of nitrogens with one attached hydrogen (secondary N) is 2. The quantitative estimate of drug-likeness (QED) is 0.184. The molecule has 0 unspecified atom stereocenters. The van der Waals surface area contributed by atoms with E-state index in [9.17, 15) is 4.79 Å². The van der Waals surface area contributed by atoms with E-state index in [1.165, 1.54) is 7.11 Å². The summed E-state index contributed by atoms with van der Waals surface area (Å²) >= 11 is 10.9. The lowest BCUT2D eigenvalue weighted by molar-refractivity contribution is 0.0729.